The lowest BCUT2D eigenvalue weighted by molar-refractivity contribution is -0.145. The average molecular weight is 354 g/mol. The highest BCUT2D eigenvalue weighted by Gasteiger charge is 2.52. The molecule has 3 aliphatic heterocycles. The molecule has 0 N–H and O–H groups in total. The molecule has 3 heterocycles. The van der Waals surface area contributed by atoms with Crippen LogP contribution >= 0.6 is 0 Å². The monoisotopic (exact) mass is 354 g/mol. The molecule has 2 fully saturated rings. The number of imide groups is 1. The van der Waals surface area contributed by atoms with Crippen molar-refractivity contribution in [2.45, 2.75) is 18.9 Å². The summed E-state index contributed by atoms with van der Waals surface area (Å²) in [6.45, 7) is 0.935. The topological polar surface area (TPSA) is 76.2 Å². The third kappa shape index (κ3) is 2.16. The molecule has 0 bridgehead atoms. The first-order valence-electron chi connectivity index (χ1n) is 8.84. The molecule has 26 heavy (non-hydrogen) atoms. The Morgan fingerprint density at radius 1 is 0.962 bits per heavy atom. The van der Waals surface area contributed by atoms with E-state index in [1.165, 1.54) is 4.90 Å². The smallest absolute Gasteiger partial charge is 0.254 e. The molecule has 0 radical (unpaired) electrons. The number of benzene rings is 1. The average Bonchev–Trinajstić information content (AvgIpc) is 3.18. The molecule has 1 aliphatic carbocycles. The van der Waals surface area contributed by atoms with E-state index < -0.39 is 0 Å². The Morgan fingerprint density at radius 2 is 1.62 bits per heavy atom. The summed E-state index contributed by atoms with van der Waals surface area (Å²) in [5, 5.41) is 0. The summed E-state index contributed by atoms with van der Waals surface area (Å²) in [5.74, 6) is 0.478. The van der Waals surface area contributed by atoms with Gasteiger partial charge in [0.05, 0.1) is 17.9 Å². The van der Waals surface area contributed by atoms with E-state index in [0.717, 1.165) is 0 Å². The molecule has 0 aromatic heterocycles. The number of likely N-dealkylation sites (tertiary alicyclic amines) is 2. The summed E-state index contributed by atoms with van der Waals surface area (Å²) in [6, 6.07) is 4.89. The van der Waals surface area contributed by atoms with Crippen LogP contribution in [0.5, 0.6) is 11.5 Å². The fourth-order valence-corrected chi connectivity index (χ4v) is 4.18. The maximum absolute atomic E-state index is 12.6. The van der Waals surface area contributed by atoms with Gasteiger partial charge in [-0.05, 0) is 31.0 Å². The predicted octanol–water partition coefficient (Wildman–Crippen LogP) is 1.19. The Kier molecular flexibility index (Phi) is 3.32. The van der Waals surface area contributed by atoms with Crippen molar-refractivity contribution in [2.75, 3.05) is 19.9 Å². The van der Waals surface area contributed by atoms with Gasteiger partial charge in [0.1, 0.15) is 0 Å². The van der Waals surface area contributed by atoms with Gasteiger partial charge >= 0.3 is 0 Å². The highest BCUT2D eigenvalue weighted by atomic mass is 16.7. The molecular formula is C19H18N2O5. The number of hydrogen-bond donors (Lipinski definition) is 0. The number of fused-ring (bicyclic) bond motifs is 2. The fourth-order valence-electron chi connectivity index (χ4n) is 4.18. The molecule has 2 atom stereocenters. The molecule has 0 saturated carbocycles. The van der Waals surface area contributed by atoms with Crippen LogP contribution in [-0.2, 0) is 9.59 Å². The normalized spacial score (nSPS) is 26.9. The van der Waals surface area contributed by atoms with Gasteiger partial charge in [-0.2, -0.15) is 0 Å². The lowest BCUT2D eigenvalue weighted by Crippen LogP contribution is -2.62. The number of rotatable bonds is 2. The Labute approximate surface area is 150 Å². The molecule has 4 aliphatic rings. The minimum absolute atomic E-state index is 0.0791. The van der Waals surface area contributed by atoms with E-state index in [-0.39, 0.29) is 42.4 Å². The van der Waals surface area contributed by atoms with Crippen LogP contribution in [0.3, 0.4) is 0 Å². The van der Waals surface area contributed by atoms with Crippen molar-refractivity contribution in [3.63, 3.8) is 0 Å². The maximum atomic E-state index is 12.6. The molecule has 1 aromatic carbocycles. The van der Waals surface area contributed by atoms with Crippen molar-refractivity contribution in [1.29, 1.82) is 0 Å². The van der Waals surface area contributed by atoms with E-state index in [1.54, 1.807) is 23.1 Å². The minimum atomic E-state index is -0.217. The molecule has 1 aromatic rings. The van der Waals surface area contributed by atoms with Crippen LogP contribution in [0.1, 0.15) is 23.2 Å². The van der Waals surface area contributed by atoms with Gasteiger partial charge in [0, 0.05) is 18.7 Å². The van der Waals surface area contributed by atoms with E-state index in [4.69, 9.17) is 9.47 Å². The van der Waals surface area contributed by atoms with Crippen molar-refractivity contribution < 1.29 is 23.9 Å². The number of amides is 3. The van der Waals surface area contributed by atoms with Gasteiger partial charge in [0.15, 0.2) is 11.5 Å². The van der Waals surface area contributed by atoms with Gasteiger partial charge in [0.25, 0.3) is 5.91 Å². The molecule has 7 heteroatoms. The summed E-state index contributed by atoms with van der Waals surface area (Å²) in [5.41, 5.74) is 0.518. The van der Waals surface area contributed by atoms with Crippen molar-refractivity contribution in [3.05, 3.63) is 35.9 Å². The van der Waals surface area contributed by atoms with Gasteiger partial charge in [-0.3, -0.25) is 19.3 Å². The Balaban J connectivity index is 1.27. The molecule has 0 spiro atoms. The minimum Gasteiger partial charge on any atom is -0.454 e. The van der Waals surface area contributed by atoms with Crippen LogP contribution in [0.2, 0.25) is 0 Å². The first-order chi connectivity index (χ1) is 12.6. The van der Waals surface area contributed by atoms with Crippen molar-refractivity contribution in [2.24, 2.45) is 11.8 Å². The van der Waals surface area contributed by atoms with Crippen LogP contribution in [0.25, 0.3) is 0 Å². The second-order valence-electron chi connectivity index (χ2n) is 7.13. The number of carbonyl (C=O) groups excluding carboxylic acids is 3. The van der Waals surface area contributed by atoms with Crippen LogP contribution in [-0.4, -0.2) is 53.4 Å². The highest BCUT2D eigenvalue weighted by molar-refractivity contribution is 6.06. The van der Waals surface area contributed by atoms with Gasteiger partial charge in [-0.15, -0.1) is 0 Å². The number of allylic oxidation sites excluding steroid dienone is 2. The number of hydrogen-bond acceptors (Lipinski definition) is 5. The standard InChI is InChI=1S/C19H18N2O5/c22-17(11-5-6-15-16(7-11)26-10-25-15)20-8-12(9-20)21-18(23)13-3-1-2-4-14(13)19(21)24/h1-2,5-7,12-14H,3-4,8-10H2. The van der Waals surface area contributed by atoms with E-state index in [9.17, 15) is 14.4 Å². The lowest BCUT2D eigenvalue weighted by atomic mass is 9.85. The zero-order chi connectivity index (χ0) is 17.8. The van der Waals surface area contributed by atoms with Crippen molar-refractivity contribution in [3.8, 4) is 11.5 Å². The van der Waals surface area contributed by atoms with E-state index in [1.807, 2.05) is 12.2 Å². The van der Waals surface area contributed by atoms with Crippen LogP contribution in [0.4, 0.5) is 0 Å². The first-order valence-corrected chi connectivity index (χ1v) is 8.84. The van der Waals surface area contributed by atoms with E-state index >= 15 is 0 Å². The predicted molar refractivity (Wildman–Crippen MR) is 89.5 cm³/mol. The van der Waals surface area contributed by atoms with Crippen molar-refractivity contribution in [1.82, 2.24) is 9.80 Å². The van der Waals surface area contributed by atoms with Crippen LogP contribution < -0.4 is 9.47 Å². The summed E-state index contributed by atoms with van der Waals surface area (Å²) in [6.07, 6.45) is 5.23. The summed E-state index contributed by atoms with van der Waals surface area (Å²) < 4.78 is 10.6. The molecule has 2 unspecified atom stereocenters. The zero-order valence-electron chi connectivity index (χ0n) is 14.1. The van der Waals surface area contributed by atoms with Crippen molar-refractivity contribution >= 4 is 17.7 Å². The summed E-state index contributed by atoms with van der Waals surface area (Å²) >= 11 is 0. The second-order valence-corrected chi connectivity index (χ2v) is 7.13. The van der Waals surface area contributed by atoms with Gasteiger partial charge in [-0.1, -0.05) is 12.2 Å². The van der Waals surface area contributed by atoms with Gasteiger partial charge in [-0.25, -0.2) is 0 Å². The summed E-state index contributed by atoms with van der Waals surface area (Å²) in [4.78, 5) is 40.9. The first kappa shape index (κ1) is 15.4. The zero-order valence-corrected chi connectivity index (χ0v) is 14.1. The maximum Gasteiger partial charge on any atom is 0.254 e. The summed E-state index contributed by atoms with van der Waals surface area (Å²) in [7, 11) is 0. The third-order valence-electron chi connectivity index (χ3n) is 5.68. The molecule has 2 saturated heterocycles. The second kappa shape index (κ2) is 5.59. The lowest BCUT2D eigenvalue weighted by Gasteiger charge is -2.43. The SMILES string of the molecule is O=C(c1ccc2c(c1)OCO2)N1CC(N2C(=O)C3CC=CCC3C2=O)C1. The fraction of sp³-hybridized carbons (Fsp3) is 0.421. The van der Waals surface area contributed by atoms with Crippen LogP contribution in [0, 0.1) is 11.8 Å². The van der Waals surface area contributed by atoms with Gasteiger partial charge in [0.2, 0.25) is 18.6 Å². The Hall–Kier alpha value is -2.83. The highest BCUT2D eigenvalue weighted by Crippen LogP contribution is 2.38. The number of nitrogens with zero attached hydrogens (tertiary/aromatic N) is 2. The quantitative estimate of drug-likeness (QED) is 0.589. The largest absolute Gasteiger partial charge is 0.454 e. The molecule has 134 valence electrons. The number of carbonyl (C=O) groups is 3. The molecule has 7 nitrogen and oxygen atoms in total. The Bertz CT molecular complexity index is 816. The Morgan fingerprint density at radius 3 is 2.31 bits per heavy atom. The molecule has 3 amide bonds. The van der Waals surface area contributed by atoms with E-state index in [2.05, 4.69) is 0 Å². The molecule has 5 rings (SSSR count). The molecular weight excluding hydrogens is 336 g/mol. The van der Waals surface area contributed by atoms with E-state index in [0.29, 0.717) is 43.0 Å². The van der Waals surface area contributed by atoms with Gasteiger partial charge < -0.3 is 14.4 Å². The number of ether oxygens (including phenoxy) is 2. The van der Waals surface area contributed by atoms with Crippen LogP contribution in [0.15, 0.2) is 30.4 Å². The third-order valence-corrected chi connectivity index (χ3v) is 5.68.